The lowest BCUT2D eigenvalue weighted by Gasteiger charge is -2.31. The van der Waals surface area contributed by atoms with Crippen LogP contribution >= 0.6 is 11.3 Å². The molecule has 6 nitrogen and oxygen atoms in total. The van der Waals surface area contributed by atoms with Crippen LogP contribution in [0.4, 0.5) is 0 Å². The summed E-state index contributed by atoms with van der Waals surface area (Å²) in [6, 6.07) is 10.3. The predicted molar refractivity (Wildman–Crippen MR) is 91.7 cm³/mol. The van der Waals surface area contributed by atoms with Gasteiger partial charge in [0.05, 0.1) is 6.04 Å². The van der Waals surface area contributed by atoms with Gasteiger partial charge < -0.3 is 4.90 Å². The van der Waals surface area contributed by atoms with Gasteiger partial charge in [-0.15, -0.1) is 11.3 Å². The molecule has 1 aromatic carbocycles. The highest BCUT2D eigenvalue weighted by molar-refractivity contribution is 7.13. The number of piperidine rings is 1. The molecule has 1 aliphatic rings. The van der Waals surface area contributed by atoms with Crippen molar-refractivity contribution < 1.29 is 4.79 Å². The Labute approximate surface area is 143 Å². The monoisotopic (exact) mass is 339 g/mol. The molecule has 0 spiro atoms. The molecule has 1 amide bonds. The van der Waals surface area contributed by atoms with E-state index in [1.807, 2.05) is 45.3 Å². The maximum absolute atomic E-state index is 12.7. The molecule has 24 heavy (non-hydrogen) atoms. The van der Waals surface area contributed by atoms with Gasteiger partial charge in [0, 0.05) is 24.0 Å². The number of thiazole rings is 1. The lowest BCUT2D eigenvalue weighted by Crippen LogP contribution is -2.39. The molecule has 1 saturated heterocycles. The number of rotatable bonds is 3. The summed E-state index contributed by atoms with van der Waals surface area (Å²) in [5.74, 6) is 0.0190. The Kier molecular flexibility index (Phi) is 4.08. The van der Waals surface area contributed by atoms with E-state index in [1.165, 1.54) is 11.3 Å². The third-order valence-corrected chi connectivity index (χ3v) is 5.20. The molecule has 0 N–H and O–H groups in total. The van der Waals surface area contributed by atoms with Crippen LogP contribution in [0.25, 0.3) is 10.6 Å². The fraction of sp³-hybridized carbons (Fsp3) is 0.294. The first-order valence-corrected chi connectivity index (χ1v) is 8.83. The fourth-order valence-corrected chi connectivity index (χ4v) is 3.79. The Morgan fingerprint density at radius 3 is 2.67 bits per heavy atom. The standard InChI is InChI=1S/C17H17N5OS/c23-17(15-10-24-16(20-15)13-4-2-1-3-5-13)21-8-6-14(7-9-21)22-12-18-11-19-22/h1-5,10-12,14H,6-9H2. The summed E-state index contributed by atoms with van der Waals surface area (Å²) < 4.78 is 1.89. The second-order valence-corrected chi connectivity index (χ2v) is 6.66. The summed E-state index contributed by atoms with van der Waals surface area (Å²) in [6.45, 7) is 1.45. The second kappa shape index (κ2) is 6.52. The number of likely N-dealkylation sites (tertiary alicyclic amines) is 1. The Hall–Kier alpha value is -2.54. The van der Waals surface area contributed by atoms with E-state index in [0.717, 1.165) is 36.5 Å². The van der Waals surface area contributed by atoms with E-state index >= 15 is 0 Å². The van der Waals surface area contributed by atoms with Crippen LogP contribution in [-0.4, -0.2) is 43.6 Å². The van der Waals surface area contributed by atoms with Crippen molar-refractivity contribution in [3.8, 4) is 10.6 Å². The molecule has 0 radical (unpaired) electrons. The SMILES string of the molecule is O=C(c1csc(-c2ccccc2)n1)N1CCC(n2cncn2)CC1. The van der Waals surface area contributed by atoms with E-state index in [4.69, 9.17) is 0 Å². The average molecular weight is 339 g/mol. The lowest BCUT2D eigenvalue weighted by molar-refractivity contribution is 0.0685. The number of amides is 1. The first-order chi connectivity index (χ1) is 11.8. The highest BCUT2D eigenvalue weighted by Gasteiger charge is 2.26. The molecule has 0 unspecified atom stereocenters. The van der Waals surface area contributed by atoms with Crippen molar-refractivity contribution in [2.45, 2.75) is 18.9 Å². The largest absolute Gasteiger partial charge is 0.337 e. The van der Waals surface area contributed by atoms with Gasteiger partial charge in [-0.05, 0) is 12.8 Å². The zero-order valence-electron chi connectivity index (χ0n) is 13.1. The minimum absolute atomic E-state index is 0.0190. The van der Waals surface area contributed by atoms with Gasteiger partial charge in [0.25, 0.3) is 5.91 Å². The molecule has 3 heterocycles. The van der Waals surface area contributed by atoms with E-state index in [9.17, 15) is 4.79 Å². The molecule has 0 aliphatic carbocycles. The molecule has 1 aliphatic heterocycles. The van der Waals surface area contributed by atoms with Crippen molar-refractivity contribution in [2.75, 3.05) is 13.1 Å². The first kappa shape index (κ1) is 15.0. The number of carbonyl (C=O) groups is 1. The number of carbonyl (C=O) groups excluding carboxylic acids is 1. The van der Waals surface area contributed by atoms with Crippen LogP contribution in [0.1, 0.15) is 29.4 Å². The maximum atomic E-state index is 12.7. The maximum Gasteiger partial charge on any atom is 0.273 e. The normalized spacial score (nSPS) is 15.6. The summed E-state index contributed by atoms with van der Waals surface area (Å²) in [4.78, 5) is 23.1. The zero-order valence-corrected chi connectivity index (χ0v) is 13.9. The van der Waals surface area contributed by atoms with Gasteiger partial charge in [0.1, 0.15) is 23.4 Å². The lowest BCUT2D eigenvalue weighted by atomic mass is 10.1. The molecule has 3 aromatic rings. The molecule has 0 saturated carbocycles. The van der Waals surface area contributed by atoms with Crippen LogP contribution in [0.3, 0.4) is 0 Å². The van der Waals surface area contributed by atoms with E-state index in [0.29, 0.717) is 11.7 Å². The van der Waals surface area contributed by atoms with Crippen molar-refractivity contribution in [1.82, 2.24) is 24.6 Å². The number of nitrogens with zero attached hydrogens (tertiary/aromatic N) is 5. The summed E-state index contributed by atoms with van der Waals surface area (Å²) in [5.41, 5.74) is 1.59. The van der Waals surface area contributed by atoms with Crippen LogP contribution in [0.15, 0.2) is 48.4 Å². The van der Waals surface area contributed by atoms with Crippen LogP contribution < -0.4 is 0 Å². The number of benzene rings is 1. The first-order valence-electron chi connectivity index (χ1n) is 7.95. The van der Waals surface area contributed by atoms with Gasteiger partial charge in [-0.2, -0.15) is 5.10 Å². The van der Waals surface area contributed by atoms with E-state index in [1.54, 1.807) is 12.7 Å². The van der Waals surface area contributed by atoms with Gasteiger partial charge >= 0.3 is 0 Å². The third kappa shape index (κ3) is 2.94. The topological polar surface area (TPSA) is 63.9 Å². The Morgan fingerprint density at radius 1 is 1.17 bits per heavy atom. The van der Waals surface area contributed by atoms with E-state index < -0.39 is 0 Å². The van der Waals surface area contributed by atoms with Crippen LogP contribution in [0.2, 0.25) is 0 Å². The van der Waals surface area contributed by atoms with Crippen molar-refractivity contribution in [2.24, 2.45) is 0 Å². The Morgan fingerprint density at radius 2 is 1.96 bits per heavy atom. The number of aromatic nitrogens is 4. The predicted octanol–water partition coefficient (Wildman–Crippen LogP) is 2.88. The number of hydrogen-bond donors (Lipinski definition) is 0. The molecule has 7 heteroatoms. The smallest absolute Gasteiger partial charge is 0.273 e. The summed E-state index contributed by atoms with van der Waals surface area (Å²) in [7, 11) is 0. The van der Waals surface area contributed by atoms with Crippen molar-refractivity contribution in [3.05, 3.63) is 54.1 Å². The summed E-state index contributed by atoms with van der Waals surface area (Å²) in [6.07, 6.45) is 5.09. The van der Waals surface area contributed by atoms with Gasteiger partial charge in [-0.25, -0.2) is 14.6 Å². The average Bonchev–Trinajstić information content (AvgIpc) is 3.34. The molecule has 2 aromatic heterocycles. The van der Waals surface area contributed by atoms with Crippen LogP contribution in [-0.2, 0) is 0 Å². The summed E-state index contributed by atoms with van der Waals surface area (Å²) in [5, 5.41) is 6.94. The van der Waals surface area contributed by atoms with E-state index in [2.05, 4.69) is 15.1 Å². The Balaban J connectivity index is 1.43. The summed E-state index contributed by atoms with van der Waals surface area (Å²) >= 11 is 1.51. The highest BCUT2D eigenvalue weighted by atomic mass is 32.1. The fourth-order valence-electron chi connectivity index (χ4n) is 2.99. The van der Waals surface area contributed by atoms with E-state index in [-0.39, 0.29) is 5.91 Å². The van der Waals surface area contributed by atoms with Crippen molar-refractivity contribution >= 4 is 17.2 Å². The third-order valence-electron chi connectivity index (χ3n) is 4.31. The molecule has 122 valence electrons. The second-order valence-electron chi connectivity index (χ2n) is 5.80. The van der Waals surface area contributed by atoms with Crippen molar-refractivity contribution in [3.63, 3.8) is 0 Å². The van der Waals surface area contributed by atoms with Gasteiger partial charge in [0.15, 0.2) is 0 Å². The molecular formula is C17H17N5OS. The quantitative estimate of drug-likeness (QED) is 0.736. The molecule has 0 atom stereocenters. The van der Waals surface area contributed by atoms with Gasteiger partial charge in [-0.1, -0.05) is 30.3 Å². The van der Waals surface area contributed by atoms with Crippen LogP contribution in [0, 0.1) is 0 Å². The molecule has 0 bridgehead atoms. The minimum Gasteiger partial charge on any atom is -0.337 e. The van der Waals surface area contributed by atoms with Gasteiger partial charge in [-0.3, -0.25) is 4.79 Å². The minimum atomic E-state index is 0.0190. The van der Waals surface area contributed by atoms with Crippen LogP contribution in [0.5, 0.6) is 0 Å². The molecular weight excluding hydrogens is 322 g/mol. The Bertz CT molecular complexity index is 807. The molecule has 1 fully saturated rings. The molecule has 4 rings (SSSR count). The highest BCUT2D eigenvalue weighted by Crippen LogP contribution is 2.26. The number of hydrogen-bond acceptors (Lipinski definition) is 5. The zero-order chi connectivity index (χ0) is 16.4. The van der Waals surface area contributed by atoms with Gasteiger partial charge in [0.2, 0.25) is 0 Å². The van der Waals surface area contributed by atoms with Crippen molar-refractivity contribution in [1.29, 1.82) is 0 Å².